The molecule has 0 saturated heterocycles. The van der Waals surface area contributed by atoms with E-state index in [0.717, 1.165) is 16.7 Å². The van der Waals surface area contributed by atoms with E-state index in [9.17, 15) is 22.8 Å². The summed E-state index contributed by atoms with van der Waals surface area (Å²) in [4.78, 5) is 24.2. The molecule has 2 aromatic rings. The fourth-order valence-electron chi connectivity index (χ4n) is 2.08. The second kappa shape index (κ2) is 6.12. The quantitative estimate of drug-likeness (QED) is 0.867. The zero-order valence-electron chi connectivity index (χ0n) is 12.1. The van der Waals surface area contributed by atoms with Crippen LogP contribution in [-0.4, -0.2) is 9.13 Å². The lowest BCUT2D eigenvalue weighted by molar-refractivity contribution is -0.137. The van der Waals surface area contributed by atoms with Gasteiger partial charge >= 0.3 is 11.9 Å². The smallest absolute Gasteiger partial charge is 0.299 e. The van der Waals surface area contributed by atoms with Crippen molar-refractivity contribution in [2.45, 2.75) is 26.2 Å². The molecule has 0 atom stereocenters. The highest BCUT2D eigenvalue weighted by Crippen LogP contribution is 2.29. The maximum atomic E-state index is 12.5. The maximum absolute atomic E-state index is 12.5. The zero-order chi connectivity index (χ0) is 17.2. The number of hydrogen-bond donors (Lipinski definition) is 0. The van der Waals surface area contributed by atoms with Crippen LogP contribution >= 0.6 is 0 Å². The molecular weight excluding hydrogens is 311 g/mol. The van der Waals surface area contributed by atoms with Crippen LogP contribution in [0.3, 0.4) is 0 Å². The zero-order valence-corrected chi connectivity index (χ0v) is 12.1. The van der Waals surface area contributed by atoms with E-state index in [0.29, 0.717) is 5.56 Å². The normalized spacial score (nSPS) is 11.3. The van der Waals surface area contributed by atoms with Gasteiger partial charge in [-0.2, -0.15) is 18.4 Å². The third-order valence-electron chi connectivity index (χ3n) is 3.32. The topological polar surface area (TPSA) is 67.8 Å². The van der Waals surface area contributed by atoms with Gasteiger partial charge < -0.3 is 0 Å². The van der Waals surface area contributed by atoms with Crippen LogP contribution in [0.1, 0.15) is 23.6 Å². The van der Waals surface area contributed by atoms with Gasteiger partial charge in [0.25, 0.3) is 5.56 Å². The Balaban J connectivity index is 2.47. The summed E-state index contributed by atoms with van der Waals surface area (Å²) < 4.78 is 39.6. The molecule has 0 unspecified atom stereocenters. The Bertz CT molecular complexity index is 871. The average Bonchev–Trinajstić information content (AvgIpc) is 2.51. The fraction of sp³-hybridized carbons (Fsp3) is 0.267. The van der Waals surface area contributed by atoms with Gasteiger partial charge in [0.1, 0.15) is 11.6 Å². The number of halogens is 3. The third kappa shape index (κ3) is 3.34. The minimum atomic E-state index is -4.45. The van der Waals surface area contributed by atoms with Crippen LogP contribution in [0, 0.1) is 11.3 Å². The van der Waals surface area contributed by atoms with E-state index in [1.807, 2.05) is 0 Å². The number of nitrogens with zero attached hydrogens (tertiary/aromatic N) is 3. The first-order chi connectivity index (χ1) is 10.8. The second-order valence-electron chi connectivity index (χ2n) is 4.81. The van der Waals surface area contributed by atoms with Crippen LogP contribution in [0.15, 0.2) is 40.1 Å². The number of hydrogen-bond acceptors (Lipinski definition) is 3. The Morgan fingerprint density at radius 1 is 1.17 bits per heavy atom. The van der Waals surface area contributed by atoms with E-state index >= 15 is 0 Å². The molecule has 0 aliphatic carbocycles. The van der Waals surface area contributed by atoms with E-state index in [-0.39, 0.29) is 18.7 Å². The highest BCUT2D eigenvalue weighted by molar-refractivity contribution is 5.26. The van der Waals surface area contributed by atoms with Crippen molar-refractivity contribution in [2.24, 2.45) is 0 Å². The first-order valence-electron chi connectivity index (χ1n) is 6.68. The van der Waals surface area contributed by atoms with E-state index < -0.39 is 23.0 Å². The molecule has 5 nitrogen and oxygen atoms in total. The predicted molar refractivity (Wildman–Crippen MR) is 75.9 cm³/mol. The minimum Gasteiger partial charge on any atom is -0.299 e. The van der Waals surface area contributed by atoms with E-state index in [1.54, 1.807) is 13.0 Å². The molecule has 120 valence electrons. The summed E-state index contributed by atoms with van der Waals surface area (Å²) in [5, 5.41) is 8.94. The van der Waals surface area contributed by atoms with Gasteiger partial charge in [-0.05, 0) is 24.6 Å². The summed E-state index contributed by atoms with van der Waals surface area (Å²) in [6.07, 6.45) is -3.28. The van der Waals surface area contributed by atoms with Gasteiger partial charge in [0.05, 0.1) is 12.1 Å². The lowest BCUT2D eigenvalue weighted by atomic mass is 10.1. The van der Waals surface area contributed by atoms with Crippen molar-refractivity contribution < 1.29 is 13.2 Å². The van der Waals surface area contributed by atoms with Gasteiger partial charge in [-0.15, -0.1) is 0 Å². The minimum absolute atomic E-state index is 0.196. The Morgan fingerprint density at radius 2 is 1.78 bits per heavy atom. The second-order valence-corrected chi connectivity index (χ2v) is 4.81. The molecule has 1 aromatic carbocycles. The first kappa shape index (κ1) is 16.5. The molecular formula is C15H12F3N3O2. The van der Waals surface area contributed by atoms with Crippen molar-refractivity contribution in [2.75, 3.05) is 0 Å². The van der Waals surface area contributed by atoms with Gasteiger partial charge in [-0.25, -0.2) is 4.79 Å². The number of nitriles is 1. The molecule has 8 heteroatoms. The first-order valence-corrected chi connectivity index (χ1v) is 6.68. The molecule has 0 aliphatic heterocycles. The molecule has 1 aromatic heterocycles. The Kier molecular flexibility index (Phi) is 4.40. The number of aryl methyl sites for hydroxylation is 1. The Morgan fingerprint density at radius 3 is 2.26 bits per heavy atom. The van der Waals surface area contributed by atoms with Crippen LogP contribution < -0.4 is 11.2 Å². The summed E-state index contributed by atoms with van der Waals surface area (Å²) in [5.41, 5.74) is -2.03. The SMILES string of the molecule is CCn1cc(C#N)c(=O)n(Cc2ccc(C(F)(F)F)cc2)c1=O. The van der Waals surface area contributed by atoms with Gasteiger partial charge in [-0.3, -0.25) is 13.9 Å². The van der Waals surface area contributed by atoms with Gasteiger partial charge in [0.15, 0.2) is 0 Å². The van der Waals surface area contributed by atoms with Gasteiger partial charge in [-0.1, -0.05) is 12.1 Å². The van der Waals surface area contributed by atoms with Gasteiger partial charge in [0.2, 0.25) is 0 Å². The monoisotopic (exact) mass is 323 g/mol. The van der Waals surface area contributed by atoms with Crippen molar-refractivity contribution in [3.05, 3.63) is 68.0 Å². The van der Waals surface area contributed by atoms with Crippen molar-refractivity contribution in [3.63, 3.8) is 0 Å². The number of alkyl halides is 3. The van der Waals surface area contributed by atoms with Crippen LogP contribution in [0.5, 0.6) is 0 Å². The summed E-state index contributed by atoms with van der Waals surface area (Å²) in [6, 6.07) is 5.87. The van der Waals surface area contributed by atoms with Crippen molar-refractivity contribution in [1.29, 1.82) is 5.26 Å². The predicted octanol–water partition coefficient (Wildman–Crippen LogP) is 1.97. The van der Waals surface area contributed by atoms with E-state index in [2.05, 4.69) is 0 Å². The lowest BCUT2D eigenvalue weighted by Crippen LogP contribution is -2.40. The summed E-state index contributed by atoms with van der Waals surface area (Å²) in [5.74, 6) is 0. The Labute approximate surface area is 128 Å². The number of benzene rings is 1. The van der Waals surface area contributed by atoms with Crippen molar-refractivity contribution in [1.82, 2.24) is 9.13 Å². The van der Waals surface area contributed by atoms with Crippen molar-refractivity contribution >= 4 is 0 Å². The van der Waals surface area contributed by atoms with Crippen molar-refractivity contribution in [3.8, 4) is 6.07 Å². The summed E-state index contributed by atoms with van der Waals surface area (Å²) in [7, 11) is 0. The molecule has 23 heavy (non-hydrogen) atoms. The van der Waals surface area contributed by atoms with Crippen LogP contribution in [0.4, 0.5) is 13.2 Å². The van der Waals surface area contributed by atoms with E-state index in [1.165, 1.54) is 22.9 Å². The molecule has 0 radical (unpaired) electrons. The van der Waals surface area contributed by atoms with Crippen LogP contribution in [0.2, 0.25) is 0 Å². The van der Waals surface area contributed by atoms with Crippen LogP contribution in [-0.2, 0) is 19.3 Å². The molecule has 0 N–H and O–H groups in total. The number of rotatable bonds is 3. The number of aromatic nitrogens is 2. The summed E-state index contributed by atoms with van der Waals surface area (Å²) >= 11 is 0. The molecule has 0 saturated carbocycles. The molecule has 0 amide bonds. The Hall–Kier alpha value is -2.82. The fourth-order valence-corrected chi connectivity index (χ4v) is 2.08. The highest BCUT2D eigenvalue weighted by atomic mass is 19.4. The molecule has 2 rings (SSSR count). The summed E-state index contributed by atoms with van der Waals surface area (Å²) in [6.45, 7) is 1.74. The third-order valence-corrected chi connectivity index (χ3v) is 3.32. The molecule has 0 fully saturated rings. The van der Waals surface area contributed by atoms with E-state index in [4.69, 9.17) is 5.26 Å². The van der Waals surface area contributed by atoms with Gasteiger partial charge in [0, 0.05) is 12.7 Å². The molecule has 0 bridgehead atoms. The lowest BCUT2D eigenvalue weighted by Gasteiger charge is -2.11. The maximum Gasteiger partial charge on any atom is 0.416 e. The molecule has 0 spiro atoms. The highest BCUT2D eigenvalue weighted by Gasteiger charge is 2.29. The molecule has 0 aliphatic rings. The standard InChI is InChI=1S/C15H12F3N3O2/c1-2-20-9-11(7-19)13(22)21(14(20)23)8-10-3-5-12(6-4-10)15(16,17)18/h3-6,9H,2,8H2,1H3. The largest absolute Gasteiger partial charge is 0.416 e. The molecule has 1 heterocycles. The van der Waals surface area contributed by atoms with Crippen LogP contribution in [0.25, 0.3) is 0 Å². The average molecular weight is 323 g/mol.